The van der Waals surface area contributed by atoms with Gasteiger partial charge in [-0.15, -0.1) is 5.10 Å². The van der Waals surface area contributed by atoms with Gasteiger partial charge in [0.25, 0.3) is 0 Å². The Morgan fingerprint density at radius 1 is 1.48 bits per heavy atom. The quantitative estimate of drug-likeness (QED) is 0.808. The van der Waals surface area contributed by atoms with Crippen molar-refractivity contribution in [1.29, 1.82) is 0 Å². The molecule has 0 radical (unpaired) electrons. The SMILES string of the molecule is CCCNc1nn(-c2ccccc2Br)c(N)c1C(=O)OC. The fourth-order valence-corrected chi connectivity index (χ4v) is 2.36. The number of benzene rings is 1. The van der Waals surface area contributed by atoms with Crippen molar-refractivity contribution in [2.75, 3.05) is 24.7 Å². The highest BCUT2D eigenvalue weighted by Crippen LogP contribution is 2.29. The molecule has 0 atom stereocenters. The Bertz CT molecular complexity index is 654. The van der Waals surface area contributed by atoms with Crippen LogP contribution >= 0.6 is 15.9 Å². The first-order valence-electron chi connectivity index (χ1n) is 6.55. The second-order valence-corrected chi connectivity index (χ2v) is 5.24. The van der Waals surface area contributed by atoms with Crippen LogP contribution in [0.25, 0.3) is 5.69 Å². The highest BCUT2D eigenvalue weighted by atomic mass is 79.9. The number of anilines is 2. The van der Waals surface area contributed by atoms with E-state index in [0.717, 1.165) is 16.6 Å². The fraction of sp³-hybridized carbons (Fsp3) is 0.286. The van der Waals surface area contributed by atoms with Crippen molar-refractivity contribution >= 4 is 33.5 Å². The lowest BCUT2D eigenvalue weighted by Crippen LogP contribution is -2.09. The topological polar surface area (TPSA) is 82.2 Å². The van der Waals surface area contributed by atoms with Gasteiger partial charge in [0.05, 0.1) is 12.8 Å². The van der Waals surface area contributed by atoms with Gasteiger partial charge in [-0.2, -0.15) is 0 Å². The van der Waals surface area contributed by atoms with Crippen LogP contribution < -0.4 is 11.1 Å². The number of carbonyl (C=O) groups is 1. The van der Waals surface area contributed by atoms with E-state index in [0.29, 0.717) is 12.4 Å². The summed E-state index contributed by atoms with van der Waals surface area (Å²) in [5, 5.41) is 7.50. The molecule has 0 unspecified atom stereocenters. The van der Waals surface area contributed by atoms with Crippen molar-refractivity contribution in [3.63, 3.8) is 0 Å². The Kier molecular flexibility index (Phi) is 4.85. The first-order chi connectivity index (χ1) is 10.1. The Labute approximate surface area is 131 Å². The van der Waals surface area contributed by atoms with Crippen LogP contribution in [0.15, 0.2) is 28.7 Å². The van der Waals surface area contributed by atoms with E-state index < -0.39 is 5.97 Å². The lowest BCUT2D eigenvalue weighted by atomic mass is 10.3. The minimum absolute atomic E-state index is 0.243. The molecule has 2 aromatic rings. The molecule has 0 aliphatic heterocycles. The molecule has 0 saturated heterocycles. The van der Waals surface area contributed by atoms with E-state index in [1.807, 2.05) is 31.2 Å². The van der Waals surface area contributed by atoms with Gasteiger partial charge in [-0.25, -0.2) is 9.48 Å². The molecule has 1 heterocycles. The zero-order chi connectivity index (χ0) is 15.4. The third kappa shape index (κ3) is 3.02. The van der Waals surface area contributed by atoms with E-state index in [1.54, 1.807) is 0 Å². The van der Waals surface area contributed by atoms with Crippen LogP contribution in [0.5, 0.6) is 0 Å². The number of carbonyl (C=O) groups excluding carboxylic acids is 1. The van der Waals surface area contributed by atoms with Gasteiger partial charge in [0.15, 0.2) is 5.82 Å². The largest absolute Gasteiger partial charge is 0.465 e. The highest BCUT2D eigenvalue weighted by Gasteiger charge is 2.24. The number of halogens is 1. The summed E-state index contributed by atoms with van der Waals surface area (Å²) in [4.78, 5) is 11.9. The molecular formula is C14H17BrN4O2. The number of hydrogen-bond acceptors (Lipinski definition) is 5. The first kappa shape index (κ1) is 15.4. The number of nitrogens with one attached hydrogen (secondary N) is 1. The van der Waals surface area contributed by atoms with E-state index in [4.69, 9.17) is 10.5 Å². The second-order valence-electron chi connectivity index (χ2n) is 4.39. The third-order valence-electron chi connectivity index (χ3n) is 2.93. The normalized spacial score (nSPS) is 10.4. The molecule has 21 heavy (non-hydrogen) atoms. The van der Waals surface area contributed by atoms with E-state index in [9.17, 15) is 4.79 Å². The monoisotopic (exact) mass is 352 g/mol. The lowest BCUT2D eigenvalue weighted by Gasteiger charge is -2.06. The molecule has 7 heteroatoms. The molecule has 0 saturated carbocycles. The molecule has 3 N–H and O–H groups in total. The van der Waals surface area contributed by atoms with Crippen LogP contribution in [0.4, 0.5) is 11.6 Å². The number of aromatic nitrogens is 2. The number of rotatable bonds is 5. The molecule has 0 bridgehead atoms. The van der Waals surface area contributed by atoms with Crippen molar-refractivity contribution in [3.05, 3.63) is 34.3 Å². The molecule has 0 aliphatic carbocycles. The highest BCUT2D eigenvalue weighted by molar-refractivity contribution is 9.10. The number of ether oxygens (including phenoxy) is 1. The van der Waals surface area contributed by atoms with Crippen LogP contribution in [-0.4, -0.2) is 29.4 Å². The summed E-state index contributed by atoms with van der Waals surface area (Å²) in [6.45, 7) is 2.72. The van der Waals surface area contributed by atoms with Crippen molar-refractivity contribution in [1.82, 2.24) is 9.78 Å². The van der Waals surface area contributed by atoms with E-state index in [2.05, 4.69) is 26.3 Å². The zero-order valence-corrected chi connectivity index (χ0v) is 13.5. The van der Waals surface area contributed by atoms with Gasteiger partial charge in [-0.1, -0.05) is 19.1 Å². The molecule has 0 amide bonds. The molecule has 0 spiro atoms. The van der Waals surface area contributed by atoms with Crippen molar-refractivity contribution in [2.45, 2.75) is 13.3 Å². The van der Waals surface area contributed by atoms with Gasteiger partial charge in [-0.3, -0.25) is 0 Å². The minimum Gasteiger partial charge on any atom is -0.465 e. The van der Waals surface area contributed by atoms with Crippen LogP contribution in [0, 0.1) is 0 Å². The molecule has 1 aromatic heterocycles. The fourth-order valence-electron chi connectivity index (χ4n) is 1.91. The average molecular weight is 353 g/mol. The molecule has 1 aromatic carbocycles. The molecular weight excluding hydrogens is 336 g/mol. The third-order valence-corrected chi connectivity index (χ3v) is 3.60. The summed E-state index contributed by atoms with van der Waals surface area (Å²) < 4.78 is 7.15. The Morgan fingerprint density at radius 2 is 2.19 bits per heavy atom. The number of para-hydroxylation sites is 1. The first-order valence-corrected chi connectivity index (χ1v) is 7.35. The predicted molar refractivity (Wildman–Crippen MR) is 85.8 cm³/mol. The molecule has 0 aliphatic rings. The van der Waals surface area contributed by atoms with Gasteiger partial charge in [0.1, 0.15) is 11.4 Å². The zero-order valence-electron chi connectivity index (χ0n) is 11.9. The number of nitrogen functional groups attached to an aromatic ring is 1. The number of hydrogen-bond donors (Lipinski definition) is 2. The van der Waals surface area contributed by atoms with Crippen molar-refractivity contribution < 1.29 is 9.53 Å². The van der Waals surface area contributed by atoms with E-state index in [1.165, 1.54) is 11.8 Å². The summed E-state index contributed by atoms with van der Waals surface area (Å²) in [6, 6.07) is 7.51. The average Bonchev–Trinajstić information content (AvgIpc) is 2.81. The Hall–Kier alpha value is -2.02. The number of nitrogens with zero attached hydrogens (tertiary/aromatic N) is 2. The molecule has 112 valence electrons. The number of methoxy groups -OCH3 is 1. The van der Waals surface area contributed by atoms with Crippen LogP contribution in [0.2, 0.25) is 0 Å². The second kappa shape index (κ2) is 6.62. The summed E-state index contributed by atoms with van der Waals surface area (Å²) in [5.41, 5.74) is 7.10. The maximum atomic E-state index is 11.9. The Morgan fingerprint density at radius 3 is 2.81 bits per heavy atom. The van der Waals surface area contributed by atoms with Crippen LogP contribution in [0.3, 0.4) is 0 Å². The maximum Gasteiger partial charge on any atom is 0.345 e. The van der Waals surface area contributed by atoms with Gasteiger partial charge < -0.3 is 15.8 Å². The molecule has 0 fully saturated rings. The summed E-state index contributed by atoms with van der Waals surface area (Å²) >= 11 is 3.45. The number of nitrogens with two attached hydrogens (primary N) is 1. The standard InChI is InChI=1S/C14H17BrN4O2/c1-3-8-17-13-11(14(20)21-2)12(16)19(18-13)10-7-5-4-6-9(10)15/h4-7H,3,8,16H2,1-2H3,(H,17,18). The summed E-state index contributed by atoms with van der Waals surface area (Å²) in [5.74, 6) is 0.161. The molecule has 2 rings (SSSR count). The van der Waals surface area contributed by atoms with Crippen LogP contribution in [0.1, 0.15) is 23.7 Å². The Balaban J connectivity index is 2.55. The van der Waals surface area contributed by atoms with Gasteiger partial charge in [0.2, 0.25) is 0 Å². The van der Waals surface area contributed by atoms with E-state index in [-0.39, 0.29) is 11.4 Å². The number of esters is 1. The van der Waals surface area contributed by atoms with Crippen LogP contribution in [-0.2, 0) is 4.74 Å². The smallest absolute Gasteiger partial charge is 0.345 e. The predicted octanol–water partition coefficient (Wildman–Crippen LogP) is 2.83. The van der Waals surface area contributed by atoms with Gasteiger partial charge in [-0.05, 0) is 34.5 Å². The summed E-state index contributed by atoms with van der Waals surface area (Å²) in [7, 11) is 1.32. The van der Waals surface area contributed by atoms with Crippen molar-refractivity contribution in [2.24, 2.45) is 0 Å². The van der Waals surface area contributed by atoms with E-state index >= 15 is 0 Å². The lowest BCUT2D eigenvalue weighted by molar-refractivity contribution is 0.0603. The van der Waals surface area contributed by atoms with Gasteiger partial charge in [0, 0.05) is 11.0 Å². The maximum absolute atomic E-state index is 11.9. The molecule has 6 nitrogen and oxygen atoms in total. The van der Waals surface area contributed by atoms with Gasteiger partial charge >= 0.3 is 5.97 Å². The van der Waals surface area contributed by atoms with Crippen molar-refractivity contribution in [3.8, 4) is 5.69 Å². The minimum atomic E-state index is -0.510. The summed E-state index contributed by atoms with van der Waals surface area (Å²) in [6.07, 6.45) is 0.905.